The summed E-state index contributed by atoms with van der Waals surface area (Å²) in [6.45, 7) is 0. The van der Waals surface area contributed by atoms with Crippen molar-refractivity contribution in [3.8, 4) is 22.8 Å². The SMILES string of the molecule is COc1ccc(OC)c(NC(=O)CCc2c(-c3ccccc3)[nH]c3ccc(F)cc23)c1. The summed E-state index contributed by atoms with van der Waals surface area (Å²) in [6.07, 6.45) is 0.676. The molecule has 0 aliphatic heterocycles. The third kappa shape index (κ3) is 4.38. The largest absolute Gasteiger partial charge is 0.497 e. The zero-order chi connectivity index (χ0) is 21.8. The Morgan fingerprint density at radius 3 is 2.55 bits per heavy atom. The Morgan fingerprint density at radius 2 is 1.81 bits per heavy atom. The van der Waals surface area contributed by atoms with Gasteiger partial charge in [-0.1, -0.05) is 30.3 Å². The van der Waals surface area contributed by atoms with Gasteiger partial charge in [-0.15, -0.1) is 0 Å². The number of fused-ring (bicyclic) bond motifs is 1. The number of ether oxygens (including phenoxy) is 2. The normalized spacial score (nSPS) is 10.8. The van der Waals surface area contributed by atoms with E-state index >= 15 is 0 Å². The molecule has 1 aromatic heterocycles. The lowest BCUT2D eigenvalue weighted by Gasteiger charge is -2.12. The fourth-order valence-corrected chi connectivity index (χ4v) is 3.69. The van der Waals surface area contributed by atoms with E-state index in [4.69, 9.17) is 9.47 Å². The van der Waals surface area contributed by atoms with Crippen LogP contribution in [0.15, 0.2) is 66.7 Å². The fourth-order valence-electron chi connectivity index (χ4n) is 3.69. The smallest absolute Gasteiger partial charge is 0.224 e. The standard InChI is InChI=1S/C25H23FN2O3/c1-30-18-9-12-23(31-2)22(15-18)27-24(29)13-10-19-20-14-17(26)8-11-21(20)28-25(19)16-6-4-3-5-7-16/h3-9,11-12,14-15,28H,10,13H2,1-2H3,(H,27,29). The van der Waals surface area contributed by atoms with Crippen LogP contribution >= 0.6 is 0 Å². The highest BCUT2D eigenvalue weighted by Gasteiger charge is 2.16. The number of halogens is 1. The van der Waals surface area contributed by atoms with Crippen molar-refractivity contribution in [2.75, 3.05) is 19.5 Å². The number of anilines is 1. The van der Waals surface area contributed by atoms with E-state index in [9.17, 15) is 9.18 Å². The van der Waals surface area contributed by atoms with Crippen molar-refractivity contribution in [1.82, 2.24) is 4.98 Å². The number of methoxy groups -OCH3 is 2. The number of benzene rings is 3. The van der Waals surface area contributed by atoms with Gasteiger partial charge in [-0.25, -0.2) is 4.39 Å². The molecule has 0 atom stereocenters. The molecule has 0 bridgehead atoms. The minimum atomic E-state index is -0.307. The lowest BCUT2D eigenvalue weighted by molar-refractivity contribution is -0.116. The predicted octanol–water partition coefficient (Wildman–Crippen LogP) is 5.56. The predicted molar refractivity (Wildman–Crippen MR) is 120 cm³/mol. The first kappa shape index (κ1) is 20.5. The van der Waals surface area contributed by atoms with Crippen LogP contribution in [0.25, 0.3) is 22.2 Å². The van der Waals surface area contributed by atoms with Gasteiger partial charge in [0, 0.05) is 29.1 Å². The molecule has 0 unspecified atom stereocenters. The van der Waals surface area contributed by atoms with Crippen LogP contribution < -0.4 is 14.8 Å². The molecule has 4 rings (SSSR count). The molecule has 1 amide bonds. The van der Waals surface area contributed by atoms with Crippen molar-refractivity contribution in [1.29, 1.82) is 0 Å². The monoisotopic (exact) mass is 418 g/mol. The van der Waals surface area contributed by atoms with Gasteiger partial charge in [0.25, 0.3) is 0 Å². The number of aryl methyl sites for hydroxylation is 1. The second-order valence-corrected chi connectivity index (χ2v) is 7.15. The van der Waals surface area contributed by atoms with Crippen molar-refractivity contribution in [2.24, 2.45) is 0 Å². The van der Waals surface area contributed by atoms with Crippen LogP contribution in [0.2, 0.25) is 0 Å². The van der Waals surface area contributed by atoms with E-state index < -0.39 is 0 Å². The summed E-state index contributed by atoms with van der Waals surface area (Å²) < 4.78 is 24.5. The third-order valence-corrected chi connectivity index (χ3v) is 5.21. The van der Waals surface area contributed by atoms with Gasteiger partial charge in [-0.05, 0) is 47.9 Å². The maximum atomic E-state index is 14.0. The average molecular weight is 418 g/mol. The molecular formula is C25H23FN2O3. The van der Waals surface area contributed by atoms with E-state index in [1.807, 2.05) is 30.3 Å². The minimum Gasteiger partial charge on any atom is -0.497 e. The average Bonchev–Trinajstić information content (AvgIpc) is 3.15. The molecule has 158 valence electrons. The van der Waals surface area contributed by atoms with E-state index in [2.05, 4.69) is 10.3 Å². The van der Waals surface area contributed by atoms with Crippen LogP contribution in [0.3, 0.4) is 0 Å². The number of nitrogens with one attached hydrogen (secondary N) is 2. The summed E-state index contributed by atoms with van der Waals surface area (Å²) in [5, 5.41) is 3.67. The maximum Gasteiger partial charge on any atom is 0.224 e. The van der Waals surface area contributed by atoms with E-state index in [-0.39, 0.29) is 18.1 Å². The first-order chi connectivity index (χ1) is 15.1. The highest BCUT2D eigenvalue weighted by atomic mass is 19.1. The molecule has 0 spiro atoms. The molecular weight excluding hydrogens is 395 g/mol. The molecule has 5 nitrogen and oxygen atoms in total. The first-order valence-corrected chi connectivity index (χ1v) is 9.96. The minimum absolute atomic E-state index is 0.170. The molecule has 4 aromatic rings. The Kier molecular flexibility index (Phi) is 5.89. The molecule has 0 radical (unpaired) electrons. The summed E-state index contributed by atoms with van der Waals surface area (Å²) in [5.41, 5.74) is 4.18. The summed E-state index contributed by atoms with van der Waals surface area (Å²) in [7, 11) is 3.11. The molecule has 0 aliphatic carbocycles. The number of hydrogen-bond donors (Lipinski definition) is 2. The number of carbonyl (C=O) groups excluding carboxylic acids is 1. The summed E-state index contributed by atoms with van der Waals surface area (Å²) >= 11 is 0. The van der Waals surface area contributed by atoms with Crippen molar-refractivity contribution < 1.29 is 18.7 Å². The van der Waals surface area contributed by atoms with Crippen LogP contribution in [-0.4, -0.2) is 25.1 Å². The zero-order valence-electron chi connectivity index (χ0n) is 17.4. The first-order valence-electron chi connectivity index (χ1n) is 9.96. The molecule has 0 aliphatic rings. The van der Waals surface area contributed by atoms with Gasteiger partial charge in [-0.2, -0.15) is 0 Å². The van der Waals surface area contributed by atoms with Crippen LogP contribution in [0.1, 0.15) is 12.0 Å². The highest BCUT2D eigenvalue weighted by Crippen LogP contribution is 2.33. The summed E-state index contributed by atoms with van der Waals surface area (Å²) in [4.78, 5) is 16.1. The highest BCUT2D eigenvalue weighted by molar-refractivity contribution is 5.95. The van der Waals surface area contributed by atoms with Gasteiger partial charge in [0.1, 0.15) is 17.3 Å². The second kappa shape index (κ2) is 8.92. The van der Waals surface area contributed by atoms with Gasteiger partial charge < -0.3 is 19.8 Å². The third-order valence-electron chi connectivity index (χ3n) is 5.21. The number of aromatic nitrogens is 1. The van der Waals surface area contributed by atoms with E-state index in [0.717, 1.165) is 27.7 Å². The molecule has 0 fully saturated rings. The second-order valence-electron chi connectivity index (χ2n) is 7.15. The molecule has 31 heavy (non-hydrogen) atoms. The summed E-state index contributed by atoms with van der Waals surface area (Å²) in [6, 6.07) is 19.7. The Bertz CT molecular complexity index is 1220. The van der Waals surface area contributed by atoms with Gasteiger partial charge in [-0.3, -0.25) is 4.79 Å². The van der Waals surface area contributed by atoms with E-state index in [1.165, 1.54) is 12.1 Å². The Morgan fingerprint density at radius 1 is 1.00 bits per heavy atom. The molecule has 0 saturated carbocycles. The number of carbonyl (C=O) groups is 1. The lowest BCUT2D eigenvalue weighted by Crippen LogP contribution is -2.13. The molecule has 0 saturated heterocycles. The van der Waals surface area contributed by atoms with Gasteiger partial charge in [0.05, 0.1) is 19.9 Å². The quantitative estimate of drug-likeness (QED) is 0.413. The van der Waals surface area contributed by atoms with Gasteiger partial charge in [0.2, 0.25) is 5.91 Å². The van der Waals surface area contributed by atoms with Crippen LogP contribution in [0.4, 0.5) is 10.1 Å². The van der Waals surface area contributed by atoms with E-state index in [0.29, 0.717) is 23.6 Å². The van der Waals surface area contributed by atoms with Crippen molar-refractivity contribution >= 4 is 22.5 Å². The van der Waals surface area contributed by atoms with Crippen LogP contribution in [0.5, 0.6) is 11.5 Å². The van der Waals surface area contributed by atoms with Gasteiger partial charge >= 0.3 is 0 Å². The van der Waals surface area contributed by atoms with Crippen LogP contribution in [0, 0.1) is 5.82 Å². The maximum absolute atomic E-state index is 14.0. The number of H-pyrrole nitrogens is 1. The zero-order valence-corrected chi connectivity index (χ0v) is 17.4. The number of rotatable bonds is 7. The van der Waals surface area contributed by atoms with Crippen LogP contribution in [-0.2, 0) is 11.2 Å². The molecule has 2 N–H and O–H groups in total. The summed E-state index contributed by atoms with van der Waals surface area (Å²) in [5.74, 6) is 0.692. The lowest BCUT2D eigenvalue weighted by atomic mass is 10.0. The van der Waals surface area contributed by atoms with Crippen molar-refractivity contribution in [3.63, 3.8) is 0 Å². The molecule has 6 heteroatoms. The Labute approximate surface area is 179 Å². The molecule has 1 heterocycles. The Hall–Kier alpha value is -3.80. The number of hydrogen-bond acceptors (Lipinski definition) is 3. The fraction of sp³-hybridized carbons (Fsp3) is 0.160. The topological polar surface area (TPSA) is 63.4 Å². The molecule has 3 aromatic carbocycles. The number of aromatic amines is 1. The Balaban J connectivity index is 1.60. The van der Waals surface area contributed by atoms with Crippen molar-refractivity contribution in [2.45, 2.75) is 12.8 Å². The number of amides is 1. The van der Waals surface area contributed by atoms with Gasteiger partial charge in [0.15, 0.2) is 0 Å². The van der Waals surface area contributed by atoms with E-state index in [1.54, 1.807) is 38.5 Å². The van der Waals surface area contributed by atoms with Crippen molar-refractivity contribution in [3.05, 3.63) is 78.1 Å².